The van der Waals surface area contributed by atoms with E-state index >= 15 is 0 Å². The van der Waals surface area contributed by atoms with Crippen molar-refractivity contribution in [2.75, 3.05) is 13.7 Å². The minimum atomic E-state index is -0.475. The quantitative estimate of drug-likeness (QED) is 0.332. The lowest BCUT2D eigenvalue weighted by molar-refractivity contribution is -0.384. The van der Waals surface area contributed by atoms with Crippen molar-refractivity contribution in [2.45, 2.75) is 6.92 Å². The molecular formula is C19H16ClN3O5S. The average Bonchev–Trinajstić information content (AvgIpc) is 3.11. The lowest BCUT2D eigenvalue weighted by atomic mass is 10.2. The molecule has 0 saturated heterocycles. The van der Waals surface area contributed by atoms with Gasteiger partial charge in [0, 0.05) is 22.2 Å². The average molecular weight is 434 g/mol. The molecule has 2 aromatic carbocycles. The van der Waals surface area contributed by atoms with Gasteiger partial charge in [-0.3, -0.25) is 14.9 Å². The number of amides is 1. The van der Waals surface area contributed by atoms with Crippen LogP contribution < -0.4 is 14.9 Å². The zero-order valence-corrected chi connectivity index (χ0v) is 17.0. The molecule has 1 N–H and O–H groups in total. The number of thiophene rings is 1. The number of rotatable bonds is 7. The SMILES string of the molecule is CCOc1cc(/C=N\NC(=O)c2cc3cc([N+](=O)[O-])ccc3s2)cc(Cl)c1OC. The smallest absolute Gasteiger partial charge is 0.281 e. The van der Waals surface area contributed by atoms with E-state index < -0.39 is 10.8 Å². The number of methoxy groups -OCH3 is 1. The van der Waals surface area contributed by atoms with Crippen molar-refractivity contribution in [3.8, 4) is 11.5 Å². The maximum absolute atomic E-state index is 12.3. The summed E-state index contributed by atoms with van der Waals surface area (Å²) in [5.74, 6) is 0.477. The Morgan fingerprint density at radius 2 is 2.14 bits per heavy atom. The molecule has 0 aliphatic rings. The van der Waals surface area contributed by atoms with Gasteiger partial charge in [-0.2, -0.15) is 5.10 Å². The number of hydrogen-bond acceptors (Lipinski definition) is 7. The number of nitrogens with zero attached hydrogens (tertiary/aromatic N) is 2. The normalized spacial score (nSPS) is 11.0. The molecule has 29 heavy (non-hydrogen) atoms. The molecule has 10 heteroatoms. The number of hydrazone groups is 1. The van der Waals surface area contributed by atoms with Crippen molar-refractivity contribution in [1.82, 2.24) is 5.43 Å². The molecule has 0 bridgehead atoms. The molecule has 3 aromatic rings. The molecule has 0 aliphatic heterocycles. The predicted molar refractivity (Wildman–Crippen MR) is 113 cm³/mol. The number of hydrogen-bond donors (Lipinski definition) is 1. The Kier molecular flexibility index (Phi) is 6.30. The highest BCUT2D eigenvalue weighted by molar-refractivity contribution is 7.20. The first kappa shape index (κ1) is 20.6. The Bertz CT molecular complexity index is 1110. The van der Waals surface area contributed by atoms with Crippen molar-refractivity contribution in [3.63, 3.8) is 0 Å². The molecule has 8 nitrogen and oxygen atoms in total. The molecule has 1 aromatic heterocycles. The summed E-state index contributed by atoms with van der Waals surface area (Å²) in [5.41, 5.74) is 3.03. The first-order valence-electron chi connectivity index (χ1n) is 8.44. The van der Waals surface area contributed by atoms with Crippen LogP contribution in [0.4, 0.5) is 5.69 Å². The topological polar surface area (TPSA) is 103 Å². The minimum absolute atomic E-state index is 0.0261. The summed E-state index contributed by atoms with van der Waals surface area (Å²) >= 11 is 7.41. The first-order valence-corrected chi connectivity index (χ1v) is 9.64. The van der Waals surface area contributed by atoms with Crippen LogP contribution in [0.1, 0.15) is 22.2 Å². The third-order valence-electron chi connectivity index (χ3n) is 3.85. The highest BCUT2D eigenvalue weighted by atomic mass is 35.5. The van der Waals surface area contributed by atoms with Crippen molar-refractivity contribution in [3.05, 3.63) is 62.0 Å². The van der Waals surface area contributed by atoms with Gasteiger partial charge in [-0.15, -0.1) is 11.3 Å². The molecule has 150 valence electrons. The predicted octanol–water partition coefficient (Wildman–Crippen LogP) is 4.63. The summed E-state index contributed by atoms with van der Waals surface area (Å²) in [5, 5.41) is 15.8. The Morgan fingerprint density at radius 1 is 1.34 bits per heavy atom. The van der Waals surface area contributed by atoms with Gasteiger partial charge in [-0.05, 0) is 36.8 Å². The summed E-state index contributed by atoms with van der Waals surface area (Å²) in [4.78, 5) is 23.1. The Balaban J connectivity index is 1.75. The number of nitro groups is 1. The Morgan fingerprint density at radius 3 is 2.83 bits per heavy atom. The van der Waals surface area contributed by atoms with Crippen LogP contribution in [0.5, 0.6) is 11.5 Å². The lowest BCUT2D eigenvalue weighted by Gasteiger charge is -2.11. The molecule has 0 unspecified atom stereocenters. The Labute approximate surface area is 174 Å². The number of non-ortho nitro benzene ring substituents is 1. The van der Waals surface area contributed by atoms with Gasteiger partial charge in [0.2, 0.25) is 0 Å². The number of halogens is 1. The monoisotopic (exact) mass is 433 g/mol. The highest BCUT2D eigenvalue weighted by Crippen LogP contribution is 2.36. The molecule has 0 spiro atoms. The fourth-order valence-corrected chi connectivity index (χ4v) is 3.83. The van der Waals surface area contributed by atoms with E-state index in [0.29, 0.717) is 39.0 Å². The number of nitro benzene ring substituents is 1. The summed E-state index contributed by atoms with van der Waals surface area (Å²) < 4.78 is 11.5. The first-order chi connectivity index (χ1) is 13.9. The van der Waals surface area contributed by atoms with Crippen molar-refractivity contribution in [1.29, 1.82) is 0 Å². The second-order valence-electron chi connectivity index (χ2n) is 5.76. The van der Waals surface area contributed by atoms with E-state index in [4.69, 9.17) is 21.1 Å². The van der Waals surface area contributed by atoms with Gasteiger partial charge in [-0.25, -0.2) is 5.43 Å². The van der Waals surface area contributed by atoms with Gasteiger partial charge < -0.3 is 9.47 Å². The van der Waals surface area contributed by atoms with Crippen LogP contribution in [0.25, 0.3) is 10.1 Å². The standard InChI is InChI=1S/C19H16ClN3O5S/c1-3-28-15-7-11(6-14(20)18(15)27-2)10-21-22-19(24)17-9-12-8-13(23(25)26)4-5-16(12)29-17/h4-10H,3H2,1-2H3,(H,22,24)/b21-10-. The fourth-order valence-electron chi connectivity index (χ4n) is 2.60. The van der Waals surface area contributed by atoms with Crippen LogP contribution in [-0.2, 0) is 0 Å². The maximum Gasteiger partial charge on any atom is 0.281 e. The zero-order chi connectivity index (χ0) is 21.0. The van der Waals surface area contributed by atoms with E-state index in [9.17, 15) is 14.9 Å². The number of benzene rings is 2. The van der Waals surface area contributed by atoms with Gasteiger partial charge in [0.1, 0.15) is 0 Å². The second-order valence-corrected chi connectivity index (χ2v) is 7.25. The summed E-state index contributed by atoms with van der Waals surface area (Å²) in [7, 11) is 1.50. The molecule has 3 rings (SSSR count). The molecule has 1 heterocycles. The van der Waals surface area contributed by atoms with Crippen LogP contribution in [0.15, 0.2) is 41.5 Å². The Hall–Kier alpha value is -3.17. The number of carbonyl (C=O) groups excluding carboxylic acids is 1. The molecule has 0 aliphatic carbocycles. The maximum atomic E-state index is 12.3. The van der Waals surface area contributed by atoms with Gasteiger partial charge >= 0.3 is 0 Å². The third kappa shape index (κ3) is 4.64. The summed E-state index contributed by atoms with van der Waals surface area (Å²) in [6.07, 6.45) is 1.43. The van der Waals surface area contributed by atoms with E-state index in [1.54, 1.807) is 24.3 Å². The van der Waals surface area contributed by atoms with Crippen molar-refractivity contribution in [2.24, 2.45) is 5.10 Å². The highest BCUT2D eigenvalue weighted by Gasteiger charge is 2.13. The van der Waals surface area contributed by atoms with Gasteiger partial charge in [-0.1, -0.05) is 11.6 Å². The van der Waals surface area contributed by atoms with Gasteiger partial charge in [0.25, 0.3) is 11.6 Å². The van der Waals surface area contributed by atoms with E-state index in [1.807, 2.05) is 6.92 Å². The molecule has 1 amide bonds. The number of nitrogens with one attached hydrogen (secondary N) is 1. The number of fused-ring (bicyclic) bond motifs is 1. The van der Waals surface area contributed by atoms with Crippen molar-refractivity contribution >= 4 is 50.8 Å². The van der Waals surface area contributed by atoms with E-state index in [-0.39, 0.29) is 5.69 Å². The molecule has 0 atom stereocenters. The minimum Gasteiger partial charge on any atom is -0.491 e. The van der Waals surface area contributed by atoms with Gasteiger partial charge in [0.05, 0.1) is 34.8 Å². The molecular weight excluding hydrogens is 418 g/mol. The lowest BCUT2D eigenvalue weighted by Crippen LogP contribution is -2.16. The molecule has 0 radical (unpaired) electrons. The molecule has 0 saturated carbocycles. The van der Waals surface area contributed by atoms with E-state index in [2.05, 4.69) is 10.5 Å². The van der Waals surface area contributed by atoms with Crippen LogP contribution in [-0.4, -0.2) is 30.8 Å². The summed E-state index contributed by atoms with van der Waals surface area (Å²) in [6, 6.07) is 9.38. The van der Waals surface area contributed by atoms with Crippen LogP contribution in [0.3, 0.4) is 0 Å². The van der Waals surface area contributed by atoms with Crippen LogP contribution in [0.2, 0.25) is 5.02 Å². The van der Waals surface area contributed by atoms with E-state index in [0.717, 1.165) is 4.70 Å². The van der Waals surface area contributed by atoms with E-state index in [1.165, 1.54) is 36.8 Å². The third-order valence-corrected chi connectivity index (χ3v) is 5.25. The van der Waals surface area contributed by atoms with Crippen molar-refractivity contribution < 1.29 is 19.2 Å². The van der Waals surface area contributed by atoms with Crippen LogP contribution in [0, 0.1) is 10.1 Å². The largest absolute Gasteiger partial charge is 0.491 e. The van der Waals surface area contributed by atoms with Gasteiger partial charge in [0.15, 0.2) is 11.5 Å². The fraction of sp³-hybridized carbons (Fsp3) is 0.158. The zero-order valence-electron chi connectivity index (χ0n) is 15.5. The summed E-state index contributed by atoms with van der Waals surface area (Å²) in [6.45, 7) is 2.28. The number of carbonyl (C=O) groups is 1. The van der Waals surface area contributed by atoms with Crippen LogP contribution >= 0.6 is 22.9 Å². The number of ether oxygens (including phenoxy) is 2. The molecule has 0 fully saturated rings. The second kappa shape index (κ2) is 8.89.